The van der Waals surface area contributed by atoms with Gasteiger partial charge in [0.2, 0.25) is 5.91 Å². The van der Waals surface area contributed by atoms with Gasteiger partial charge in [-0.1, -0.05) is 11.3 Å². The Morgan fingerprint density at radius 3 is 2.50 bits per heavy atom. The number of nitrogens with one attached hydrogen (secondary N) is 1. The monoisotopic (exact) mass is 320 g/mol. The molecule has 1 aromatic heterocycles. The fraction of sp³-hybridized carbons (Fsp3) is 0.267. The highest BCUT2D eigenvalue weighted by atomic mass is 32.1. The minimum absolute atomic E-state index is 0.0787. The Bertz CT molecular complexity index is 731. The van der Waals surface area contributed by atoms with Gasteiger partial charge >= 0.3 is 10.8 Å². The average molecular weight is 320 g/mol. The second-order valence-electron chi connectivity index (χ2n) is 4.72. The fourth-order valence-corrected chi connectivity index (χ4v) is 2.63. The molecule has 1 amide bonds. The van der Waals surface area contributed by atoms with Gasteiger partial charge in [-0.2, -0.15) is 0 Å². The Morgan fingerprint density at radius 2 is 1.95 bits per heavy atom. The molecule has 0 saturated heterocycles. The van der Waals surface area contributed by atoms with E-state index in [1.54, 1.807) is 34.2 Å². The first-order valence-corrected chi connectivity index (χ1v) is 7.57. The average Bonchev–Trinajstić information content (AvgIpc) is 2.77. The first-order valence-electron chi connectivity index (χ1n) is 6.69. The van der Waals surface area contributed by atoms with E-state index in [2.05, 4.69) is 5.32 Å². The van der Waals surface area contributed by atoms with Crippen LogP contribution in [0, 0.1) is 6.92 Å². The van der Waals surface area contributed by atoms with E-state index in [1.807, 2.05) is 6.92 Å². The van der Waals surface area contributed by atoms with Crippen molar-refractivity contribution in [2.75, 3.05) is 5.32 Å². The number of rotatable bonds is 5. The summed E-state index contributed by atoms with van der Waals surface area (Å²) in [6.45, 7) is 3.54. The van der Waals surface area contributed by atoms with Gasteiger partial charge in [-0.25, -0.2) is 0 Å². The highest BCUT2D eigenvalue weighted by molar-refractivity contribution is 7.07. The number of amides is 1. The van der Waals surface area contributed by atoms with Crippen LogP contribution in [-0.2, 0) is 16.1 Å². The molecule has 0 spiro atoms. The molecule has 1 heterocycles. The third-order valence-corrected chi connectivity index (χ3v) is 3.80. The number of thiazole rings is 1. The van der Waals surface area contributed by atoms with Crippen molar-refractivity contribution in [1.29, 1.82) is 0 Å². The van der Waals surface area contributed by atoms with Crippen LogP contribution in [0.25, 0.3) is 0 Å². The lowest BCUT2D eigenvalue weighted by atomic mass is 10.3. The van der Waals surface area contributed by atoms with E-state index in [0.29, 0.717) is 18.0 Å². The minimum Gasteiger partial charge on any atom is -0.426 e. The lowest BCUT2D eigenvalue weighted by Crippen LogP contribution is -2.19. The summed E-state index contributed by atoms with van der Waals surface area (Å²) in [5.41, 5.74) is 1.47. The summed E-state index contributed by atoms with van der Waals surface area (Å²) in [6, 6.07) is 6.51. The number of carbonyl (C=O) groups is 2. The molecule has 116 valence electrons. The molecule has 0 bridgehead atoms. The number of carbonyl (C=O) groups excluding carboxylic acids is 2. The molecule has 0 radical (unpaired) electrons. The fourth-order valence-electron chi connectivity index (χ4n) is 1.87. The molecule has 6 nitrogen and oxygen atoms in total. The summed E-state index contributed by atoms with van der Waals surface area (Å²) >= 11 is 1.11. The van der Waals surface area contributed by atoms with E-state index in [0.717, 1.165) is 17.0 Å². The maximum Gasteiger partial charge on any atom is 0.312 e. The number of hydrogen-bond donors (Lipinski definition) is 1. The quantitative estimate of drug-likeness (QED) is 0.676. The number of esters is 1. The Kier molecular flexibility index (Phi) is 5.11. The molecule has 0 atom stereocenters. The summed E-state index contributed by atoms with van der Waals surface area (Å²) in [7, 11) is 0. The van der Waals surface area contributed by atoms with Crippen LogP contribution in [0.3, 0.4) is 0 Å². The van der Waals surface area contributed by atoms with E-state index in [4.69, 9.17) is 4.74 Å². The van der Waals surface area contributed by atoms with Crippen molar-refractivity contribution in [1.82, 2.24) is 4.57 Å². The van der Waals surface area contributed by atoms with Gasteiger partial charge in [0.1, 0.15) is 5.75 Å². The zero-order chi connectivity index (χ0) is 16.1. The molecule has 2 aromatic rings. The summed E-state index contributed by atoms with van der Waals surface area (Å²) < 4.78 is 6.74. The standard InChI is InChI=1S/C15H16N2O4S/c1-10-9-22-15(20)17(10)8-7-14(19)21-13-5-3-12(4-6-13)16-11(2)18/h3-6,9H,7-8H2,1-2H3,(H,16,18). The smallest absolute Gasteiger partial charge is 0.312 e. The molecular formula is C15H16N2O4S. The number of aromatic nitrogens is 1. The van der Waals surface area contributed by atoms with Crippen molar-refractivity contribution in [2.24, 2.45) is 0 Å². The molecule has 1 aromatic carbocycles. The Balaban J connectivity index is 1.89. The van der Waals surface area contributed by atoms with Crippen LogP contribution in [0.4, 0.5) is 5.69 Å². The van der Waals surface area contributed by atoms with E-state index in [-0.39, 0.29) is 17.2 Å². The molecule has 2 rings (SSSR count). The number of benzene rings is 1. The maximum absolute atomic E-state index is 11.8. The number of aryl methyl sites for hydroxylation is 1. The van der Waals surface area contributed by atoms with Crippen LogP contribution in [0.15, 0.2) is 34.4 Å². The maximum atomic E-state index is 11.8. The SMILES string of the molecule is CC(=O)Nc1ccc(OC(=O)CCn2c(C)csc2=O)cc1. The second-order valence-corrected chi connectivity index (χ2v) is 5.54. The van der Waals surface area contributed by atoms with Crippen molar-refractivity contribution in [3.63, 3.8) is 0 Å². The first-order chi connectivity index (χ1) is 10.5. The molecule has 0 fully saturated rings. The Morgan fingerprint density at radius 1 is 1.27 bits per heavy atom. The topological polar surface area (TPSA) is 77.4 Å². The van der Waals surface area contributed by atoms with E-state index < -0.39 is 5.97 Å². The molecule has 1 N–H and O–H groups in total. The lowest BCUT2D eigenvalue weighted by Gasteiger charge is -2.07. The predicted octanol–water partition coefficient (Wildman–Crippen LogP) is 2.17. The largest absolute Gasteiger partial charge is 0.426 e. The lowest BCUT2D eigenvalue weighted by molar-refractivity contribution is -0.134. The zero-order valence-corrected chi connectivity index (χ0v) is 13.1. The molecule has 0 aliphatic carbocycles. The highest BCUT2D eigenvalue weighted by Gasteiger charge is 2.08. The van der Waals surface area contributed by atoms with E-state index >= 15 is 0 Å². The number of ether oxygens (including phenoxy) is 1. The number of nitrogens with zero attached hydrogens (tertiary/aromatic N) is 1. The summed E-state index contributed by atoms with van der Waals surface area (Å²) in [6.07, 6.45) is 0.116. The van der Waals surface area contributed by atoms with Gasteiger partial charge in [0.05, 0.1) is 6.42 Å². The van der Waals surface area contributed by atoms with Crippen molar-refractivity contribution >= 4 is 28.9 Å². The Labute approximate surface area is 131 Å². The minimum atomic E-state index is -0.412. The third kappa shape index (κ3) is 4.29. The van der Waals surface area contributed by atoms with Crippen molar-refractivity contribution < 1.29 is 14.3 Å². The number of hydrogen-bond acceptors (Lipinski definition) is 5. The second kappa shape index (κ2) is 7.04. The van der Waals surface area contributed by atoms with Gasteiger partial charge in [0.15, 0.2) is 0 Å². The normalized spacial score (nSPS) is 10.3. The van der Waals surface area contributed by atoms with Crippen molar-refractivity contribution in [3.05, 3.63) is 45.0 Å². The molecule has 7 heteroatoms. The van der Waals surface area contributed by atoms with E-state index in [9.17, 15) is 14.4 Å². The Hall–Kier alpha value is -2.41. The van der Waals surface area contributed by atoms with Crippen LogP contribution in [0.5, 0.6) is 5.75 Å². The molecule has 0 saturated carbocycles. The summed E-state index contributed by atoms with van der Waals surface area (Å²) in [4.78, 5) is 34.1. The van der Waals surface area contributed by atoms with Crippen molar-refractivity contribution in [3.8, 4) is 5.75 Å². The van der Waals surface area contributed by atoms with Gasteiger partial charge in [0.25, 0.3) is 0 Å². The van der Waals surface area contributed by atoms with Gasteiger partial charge in [0, 0.05) is 30.2 Å². The van der Waals surface area contributed by atoms with Gasteiger partial charge in [-0.3, -0.25) is 14.4 Å². The van der Waals surface area contributed by atoms with Crippen LogP contribution in [-0.4, -0.2) is 16.4 Å². The summed E-state index contributed by atoms with van der Waals surface area (Å²) in [5.74, 6) is -0.181. The predicted molar refractivity (Wildman–Crippen MR) is 84.3 cm³/mol. The highest BCUT2D eigenvalue weighted by Crippen LogP contribution is 2.16. The van der Waals surface area contributed by atoms with Crippen LogP contribution >= 0.6 is 11.3 Å². The van der Waals surface area contributed by atoms with Crippen LogP contribution in [0.1, 0.15) is 19.0 Å². The number of anilines is 1. The molecule has 0 unspecified atom stereocenters. The van der Waals surface area contributed by atoms with Crippen LogP contribution in [0.2, 0.25) is 0 Å². The first kappa shape index (κ1) is 16.0. The molecular weight excluding hydrogens is 304 g/mol. The van der Waals surface area contributed by atoms with Gasteiger partial charge < -0.3 is 14.6 Å². The van der Waals surface area contributed by atoms with Gasteiger partial charge in [-0.15, -0.1) is 0 Å². The summed E-state index contributed by atoms with van der Waals surface area (Å²) in [5, 5.41) is 4.38. The third-order valence-electron chi connectivity index (χ3n) is 2.92. The molecule has 0 aliphatic rings. The van der Waals surface area contributed by atoms with Crippen LogP contribution < -0.4 is 14.9 Å². The zero-order valence-electron chi connectivity index (χ0n) is 12.3. The van der Waals surface area contributed by atoms with E-state index in [1.165, 1.54) is 6.92 Å². The van der Waals surface area contributed by atoms with Gasteiger partial charge in [-0.05, 0) is 31.2 Å². The van der Waals surface area contributed by atoms with Crippen molar-refractivity contribution in [2.45, 2.75) is 26.8 Å². The molecule has 22 heavy (non-hydrogen) atoms. The molecule has 0 aliphatic heterocycles.